The van der Waals surface area contributed by atoms with Gasteiger partial charge in [-0.2, -0.15) is 18.3 Å². The van der Waals surface area contributed by atoms with Crippen molar-refractivity contribution >= 4 is 29.9 Å². The number of carbonyl (C=O) groups excluding carboxylic acids is 1. The number of halogens is 5. The van der Waals surface area contributed by atoms with Crippen molar-refractivity contribution in [3.05, 3.63) is 45.7 Å². The Hall–Kier alpha value is -1.77. The largest absolute Gasteiger partial charge is 0.416 e. The number of carbonyl (C=O) groups is 1. The van der Waals surface area contributed by atoms with Crippen molar-refractivity contribution < 1.29 is 18.0 Å². The lowest BCUT2D eigenvalue weighted by Gasteiger charge is -2.12. The molecule has 1 atom stereocenters. The summed E-state index contributed by atoms with van der Waals surface area (Å²) in [6.07, 6.45) is -1.49. The minimum Gasteiger partial charge on any atom is -0.347 e. The molecule has 2 heterocycles. The minimum atomic E-state index is -4.48. The van der Waals surface area contributed by atoms with Crippen LogP contribution in [0.25, 0.3) is 5.69 Å². The van der Waals surface area contributed by atoms with Crippen molar-refractivity contribution in [2.45, 2.75) is 37.9 Å². The fourth-order valence-corrected chi connectivity index (χ4v) is 3.90. The van der Waals surface area contributed by atoms with Gasteiger partial charge >= 0.3 is 6.18 Å². The van der Waals surface area contributed by atoms with Gasteiger partial charge in [-0.1, -0.05) is 11.6 Å². The van der Waals surface area contributed by atoms with Crippen LogP contribution in [0.3, 0.4) is 0 Å². The topological polar surface area (TPSA) is 59.0 Å². The Morgan fingerprint density at radius 1 is 1.32 bits per heavy atom. The number of nitrogens with zero attached hydrogens (tertiary/aromatic N) is 2. The van der Waals surface area contributed by atoms with E-state index in [4.69, 9.17) is 11.6 Å². The third-order valence-electron chi connectivity index (χ3n) is 5.04. The normalized spacial score (nSPS) is 18.6. The van der Waals surface area contributed by atoms with Gasteiger partial charge in [-0.05, 0) is 50.4 Å². The van der Waals surface area contributed by atoms with Crippen molar-refractivity contribution in [3.8, 4) is 5.69 Å². The highest BCUT2D eigenvalue weighted by Gasteiger charge is 2.33. The van der Waals surface area contributed by atoms with Crippen LogP contribution in [0.4, 0.5) is 13.2 Å². The standard InChI is InChI=1S/C18H18ClF3N4O.ClH/c19-13-5-4-10(18(20,21)22)8-15(13)26-14-3-1-2-12(14)16(25-26)17(27)24-11-6-7-23-9-11;/h4-5,8,11,23H,1-3,6-7,9H2,(H,24,27);1H. The van der Waals surface area contributed by atoms with Crippen molar-refractivity contribution in [2.75, 3.05) is 13.1 Å². The van der Waals surface area contributed by atoms with Crippen molar-refractivity contribution in [1.29, 1.82) is 0 Å². The fourth-order valence-electron chi connectivity index (χ4n) is 3.70. The second-order valence-corrected chi connectivity index (χ2v) is 7.27. The molecule has 1 aromatic carbocycles. The van der Waals surface area contributed by atoms with Gasteiger partial charge in [-0.25, -0.2) is 4.68 Å². The van der Waals surface area contributed by atoms with E-state index in [-0.39, 0.29) is 40.8 Å². The van der Waals surface area contributed by atoms with Crippen LogP contribution in [0.15, 0.2) is 18.2 Å². The molecule has 5 nitrogen and oxygen atoms in total. The summed E-state index contributed by atoms with van der Waals surface area (Å²) < 4.78 is 40.7. The first-order valence-corrected chi connectivity index (χ1v) is 9.22. The van der Waals surface area contributed by atoms with E-state index in [9.17, 15) is 18.0 Å². The van der Waals surface area contributed by atoms with Crippen molar-refractivity contribution in [1.82, 2.24) is 20.4 Å². The predicted molar refractivity (Wildman–Crippen MR) is 102 cm³/mol. The van der Waals surface area contributed by atoms with Crippen LogP contribution in [0.1, 0.15) is 40.2 Å². The van der Waals surface area contributed by atoms with Gasteiger partial charge in [-0.15, -0.1) is 12.4 Å². The fraction of sp³-hybridized carbons (Fsp3) is 0.444. The zero-order valence-corrected chi connectivity index (χ0v) is 16.3. The van der Waals surface area contributed by atoms with Gasteiger partial charge < -0.3 is 10.6 Å². The zero-order chi connectivity index (χ0) is 19.2. The van der Waals surface area contributed by atoms with E-state index in [1.54, 1.807) is 0 Å². The number of hydrogen-bond acceptors (Lipinski definition) is 3. The summed E-state index contributed by atoms with van der Waals surface area (Å²) in [6, 6.07) is 3.18. The van der Waals surface area contributed by atoms with Gasteiger partial charge in [0.1, 0.15) is 0 Å². The van der Waals surface area contributed by atoms with E-state index in [0.717, 1.165) is 42.8 Å². The SMILES string of the molecule is Cl.O=C(NC1CCNC1)c1nn(-c2cc(C(F)(F)F)ccc2Cl)c2c1CCC2. The lowest BCUT2D eigenvalue weighted by atomic mass is 10.1. The number of nitrogens with one attached hydrogen (secondary N) is 2. The maximum atomic E-state index is 13.1. The van der Waals surface area contributed by atoms with E-state index in [2.05, 4.69) is 15.7 Å². The maximum Gasteiger partial charge on any atom is 0.416 e. The predicted octanol–water partition coefficient (Wildman–Crippen LogP) is 3.55. The Labute approximate surface area is 171 Å². The molecule has 1 aliphatic carbocycles. The highest BCUT2D eigenvalue weighted by Crippen LogP contribution is 2.35. The Morgan fingerprint density at radius 3 is 2.79 bits per heavy atom. The third kappa shape index (κ3) is 3.86. The lowest BCUT2D eigenvalue weighted by Crippen LogP contribution is -2.36. The summed E-state index contributed by atoms with van der Waals surface area (Å²) in [5.74, 6) is -0.288. The minimum absolute atomic E-state index is 0. The summed E-state index contributed by atoms with van der Waals surface area (Å²) in [4.78, 5) is 12.7. The van der Waals surface area contributed by atoms with Gasteiger partial charge in [0, 0.05) is 23.8 Å². The highest BCUT2D eigenvalue weighted by molar-refractivity contribution is 6.32. The lowest BCUT2D eigenvalue weighted by molar-refractivity contribution is -0.137. The van der Waals surface area contributed by atoms with Crippen LogP contribution in [0, 0.1) is 0 Å². The summed E-state index contributed by atoms with van der Waals surface area (Å²) in [5.41, 5.74) is 1.18. The molecule has 2 aromatic rings. The first-order chi connectivity index (χ1) is 12.8. The van der Waals surface area contributed by atoms with E-state index < -0.39 is 11.7 Å². The van der Waals surface area contributed by atoms with Gasteiger partial charge in [0.25, 0.3) is 5.91 Å². The monoisotopic (exact) mass is 434 g/mol. The second-order valence-electron chi connectivity index (χ2n) is 6.87. The molecular weight excluding hydrogens is 416 g/mol. The summed E-state index contributed by atoms with van der Waals surface area (Å²) in [7, 11) is 0. The number of amides is 1. The molecule has 0 radical (unpaired) electrons. The zero-order valence-electron chi connectivity index (χ0n) is 14.8. The Bertz CT molecular complexity index is 892. The molecule has 2 aliphatic rings. The van der Waals surface area contributed by atoms with Gasteiger partial charge in [0.05, 0.1) is 16.3 Å². The molecule has 4 rings (SSSR count). The highest BCUT2D eigenvalue weighted by atomic mass is 35.5. The smallest absolute Gasteiger partial charge is 0.347 e. The molecule has 28 heavy (non-hydrogen) atoms. The van der Waals surface area contributed by atoms with E-state index >= 15 is 0 Å². The molecule has 0 saturated carbocycles. The molecule has 1 amide bonds. The third-order valence-corrected chi connectivity index (χ3v) is 5.36. The van der Waals surface area contributed by atoms with Crippen LogP contribution in [-0.2, 0) is 19.0 Å². The summed E-state index contributed by atoms with van der Waals surface area (Å²) in [6.45, 7) is 1.55. The second kappa shape index (κ2) is 7.93. The number of benzene rings is 1. The maximum absolute atomic E-state index is 13.1. The van der Waals surface area contributed by atoms with Crippen LogP contribution in [-0.4, -0.2) is 34.8 Å². The molecule has 0 spiro atoms. The number of fused-ring (bicyclic) bond motifs is 1. The molecule has 1 aromatic heterocycles. The van der Waals surface area contributed by atoms with E-state index in [0.29, 0.717) is 19.4 Å². The average molecular weight is 435 g/mol. The van der Waals surface area contributed by atoms with E-state index in [1.165, 1.54) is 10.7 Å². The number of alkyl halides is 3. The van der Waals surface area contributed by atoms with Gasteiger partial charge in [0.15, 0.2) is 5.69 Å². The quantitative estimate of drug-likeness (QED) is 0.776. The molecular formula is C18H19Cl2F3N4O. The van der Waals surface area contributed by atoms with Crippen LogP contribution < -0.4 is 10.6 Å². The average Bonchev–Trinajstić information content (AvgIpc) is 3.31. The number of hydrogen-bond donors (Lipinski definition) is 2. The summed E-state index contributed by atoms with van der Waals surface area (Å²) in [5, 5.41) is 10.6. The molecule has 1 fully saturated rings. The van der Waals surface area contributed by atoms with Crippen LogP contribution in [0.5, 0.6) is 0 Å². The molecule has 2 N–H and O–H groups in total. The molecule has 0 bridgehead atoms. The molecule has 1 saturated heterocycles. The Morgan fingerprint density at radius 2 is 2.11 bits per heavy atom. The van der Waals surface area contributed by atoms with Crippen LogP contribution in [0.2, 0.25) is 5.02 Å². The van der Waals surface area contributed by atoms with E-state index in [1.807, 2.05) is 0 Å². The number of aromatic nitrogens is 2. The van der Waals surface area contributed by atoms with Crippen molar-refractivity contribution in [2.24, 2.45) is 0 Å². The molecule has 1 aliphatic heterocycles. The molecule has 152 valence electrons. The van der Waals surface area contributed by atoms with Gasteiger partial charge in [-0.3, -0.25) is 4.79 Å². The van der Waals surface area contributed by atoms with Crippen molar-refractivity contribution in [3.63, 3.8) is 0 Å². The Balaban J connectivity index is 0.00000225. The van der Waals surface area contributed by atoms with Crippen LogP contribution >= 0.6 is 24.0 Å². The molecule has 10 heteroatoms. The number of rotatable bonds is 3. The summed E-state index contributed by atoms with van der Waals surface area (Å²) >= 11 is 6.17. The Kier molecular flexibility index (Phi) is 5.93. The van der Waals surface area contributed by atoms with Gasteiger partial charge in [0.2, 0.25) is 0 Å². The first kappa shape index (κ1) is 21.0. The molecule has 1 unspecified atom stereocenters. The first-order valence-electron chi connectivity index (χ1n) is 8.84.